The van der Waals surface area contributed by atoms with E-state index in [9.17, 15) is 4.79 Å². The summed E-state index contributed by atoms with van der Waals surface area (Å²) in [6, 6.07) is 5.22. The second-order valence-corrected chi connectivity index (χ2v) is 6.62. The first-order valence-corrected chi connectivity index (χ1v) is 9.12. The van der Waals surface area contributed by atoms with E-state index < -0.39 is 0 Å². The van der Waals surface area contributed by atoms with Gasteiger partial charge in [0.2, 0.25) is 5.91 Å². The molecule has 7 nitrogen and oxygen atoms in total. The molecule has 1 aromatic carbocycles. The summed E-state index contributed by atoms with van der Waals surface area (Å²) in [6.07, 6.45) is 7.68. The fourth-order valence-corrected chi connectivity index (χ4v) is 3.26. The summed E-state index contributed by atoms with van der Waals surface area (Å²) in [5.41, 5.74) is 1.29. The Balaban J connectivity index is 1.69. The molecule has 0 aliphatic rings. The molecule has 0 spiro atoms. The van der Waals surface area contributed by atoms with Gasteiger partial charge in [-0.2, -0.15) is 5.10 Å². The second-order valence-electron chi connectivity index (χ2n) is 5.24. The van der Waals surface area contributed by atoms with Crippen molar-refractivity contribution in [1.29, 1.82) is 0 Å². The van der Waals surface area contributed by atoms with Crippen LogP contribution < -0.4 is 5.32 Å². The van der Waals surface area contributed by atoms with Crippen molar-refractivity contribution in [2.24, 2.45) is 0 Å². The number of imidazole rings is 1. The number of nitrogens with one attached hydrogen (secondary N) is 1. The maximum atomic E-state index is 12.4. The molecule has 0 atom stereocenters. The van der Waals surface area contributed by atoms with Crippen LogP contribution in [-0.4, -0.2) is 36.0 Å². The standard InChI is InChI=1S/C16H17ClN6OS/c1-2-6-22-7-5-19-16(22)25-9-15(24)21-13-8-12(17)3-4-14(13)23-11-18-10-20-23/h3-5,7-8,10-11H,2,6,9H2,1H3,(H,21,24). The normalized spacial score (nSPS) is 10.8. The molecule has 1 amide bonds. The summed E-state index contributed by atoms with van der Waals surface area (Å²) < 4.78 is 3.62. The average molecular weight is 377 g/mol. The van der Waals surface area contributed by atoms with Gasteiger partial charge in [0.1, 0.15) is 12.7 Å². The van der Waals surface area contributed by atoms with E-state index in [0.29, 0.717) is 16.4 Å². The number of rotatable bonds is 7. The zero-order valence-corrected chi connectivity index (χ0v) is 15.2. The van der Waals surface area contributed by atoms with Gasteiger partial charge in [0.05, 0.1) is 17.1 Å². The number of carbonyl (C=O) groups is 1. The molecule has 0 aliphatic carbocycles. The number of nitrogens with zero attached hydrogens (tertiary/aromatic N) is 5. The van der Waals surface area contributed by atoms with Crippen LogP contribution in [0.5, 0.6) is 0 Å². The Morgan fingerprint density at radius 1 is 1.40 bits per heavy atom. The third-order valence-corrected chi connectivity index (χ3v) is 4.61. The molecule has 1 N–H and O–H groups in total. The van der Waals surface area contributed by atoms with E-state index in [2.05, 4.69) is 27.3 Å². The molecule has 2 heterocycles. The van der Waals surface area contributed by atoms with Gasteiger partial charge in [0, 0.05) is 24.0 Å². The number of aromatic nitrogens is 5. The van der Waals surface area contributed by atoms with Crippen molar-refractivity contribution >= 4 is 35.0 Å². The molecular formula is C16H17ClN6OS. The molecule has 2 aromatic heterocycles. The highest BCUT2D eigenvalue weighted by molar-refractivity contribution is 7.99. The van der Waals surface area contributed by atoms with Crippen molar-refractivity contribution in [1.82, 2.24) is 24.3 Å². The summed E-state index contributed by atoms with van der Waals surface area (Å²) in [7, 11) is 0. The van der Waals surface area contributed by atoms with Crippen LogP contribution in [-0.2, 0) is 11.3 Å². The number of anilines is 1. The number of carbonyl (C=O) groups excluding carboxylic acids is 1. The lowest BCUT2D eigenvalue weighted by Crippen LogP contribution is -2.16. The third kappa shape index (κ3) is 4.40. The second kappa shape index (κ2) is 8.17. The Bertz CT molecular complexity index is 848. The Labute approximate surface area is 154 Å². The van der Waals surface area contributed by atoms with Crippen LogP contribution in [0.15, 0.2) is 48.4 Å². The van der Waals surface area contributed by atoms with Gasteiger partial charge in [-0.05, 0) is 24.6 Å². The predicted octanol–water partition coefficient (Wildman–Crippen LogP) is 3.26. The van der Waals surface area contributed by atoms with E-state index >= 15 is 0 Å². The first kappa shape index (κ1) is 17.5. The minimum atomic E-state index is -0.139. The topological polar surface area (TPSA) is 77.6 Å². The first-order chi connectivity index (χ1) is 12.2. The maximum absolute atomic E-state index is 12.4. The molecule has 25 heavy (non-hydrogen) atoms. The van der Waals surface area contributed by atoms with Crippen molar-refractivity contribution in [3.63, 3.8) is 0 Å². The largest absolute Gasteiger partial charge is 0.326 e. The Hall–Kier alpha value is -2.32. The number of hydrogen-bond donors (Lipinski definition) is 1. The van der Waals surface area contributed by atoms with Crippen molar-refractivity contribution in [3.05, 3.63) is 48.3 Å². The summed E-state index contributed by atoms with van der Waals surface area (Å²) >= 11 is 7.46. The first-order valence-electron chi connectivity index (χ1n) is 7.75. The van der Waals surface area contributed by atoms with Crippen LogP contribution in [0.4, 0.5) is 5.69 Å². The van der Waals surface area contributed by atoms with E-state index in [-0.39, 0.29) is 11.7 Å². The summed E-state index contributed by atoms with van der Waals surface area (Å²) in [5.74, 6) is 0.115. The molecule has 0 saturated heterocycles. The maximum Gasteiger partial charge on any atom is 0.234 e. The van der Waals surface area contributed by atoms with E-state index in [1.165, 1.54) is 18.1 Å². The molecule has 0 radical (unpaired) electrons. The molecule has 0 saturated carbocycles. The van der Waals surface area contributed by atoms with Gasteiger partial charge in [-0.25, -0.2) is 14.6 Å². The van der Waals surface area contributed by atoms with E-state index in [1.54, 1.807) is 35.4 Å². The molecule has 0 aliphatic heterocycles. The lowest BCUT2D eigenvalue weighted by atomic mass is 10.2. The number of thioether (sulfide) groups is 1. The van der Waals surface area contributed by atoms with Crippen LogP contribution in [0, 0.1) is 0 Å². The highest BCUT2D eigenvalue weighted by Crippen LogP contribution is 2.24. The number of amides is 1. The Morgan fingerprint density at radius 2 is 2.28 bits per heavy atom. The minimum absolute atomic E-state index is 0.139. The van der Waals surface area contributed by atoms with Gasteiger partial charge in [-0.1, -0.05) is 30.3 Å². The molecular weight excluding hydrogens is 360 g/mol. The molecule has 0 fully saturated rings. The predicted molar refractivity (Wildman–Crippen MR) is 98.2 cm³/mol. The number of aryl methyl sites for hydroxylation is 1. The van der Waals surface area contributed by atoms with Crippen LogP contribution in [0.25, 0.3) is 5.69 Å². The highest BCUT2D eigenvalue weighted by Gasteiger charge is 2.12. The summed E-state index contributed by atoms with van der Waals surface area (Å²) in [6.45, 7) is 2.99. The summed E-state index contributed by atoms with van der Waals surface area (Å²) in [5, 5.41) is 8.34. The van der Waals surface area contributed by atoms with E-state index in [0.717, 1.165) is 18.1 Å². The highest BCUT2D eigenvalue weighted by atomic mass is 35.5. The van der Waals surface area contributed by atoms with Crippen LogP contribution in [0.2, 0.25) is 5.02 Å². The van der Waals surface area contributed by atoms with Crippen LogP contribution >= 0.6 is 23.4 Å². The molecule has 9 heteroatoms. The van der Waals surface area contributed by atoms with Gasteiger partial charge < -0.3 is 9.88 Å². The third-order valence-electron chi connectivity index (χ3n) is 3.37. The number of halogens is 1. The molecule has 130 valence electrons. The van der Waals surface area contributed by atoms with Gasteiger partial charge in [0.15, 0.2) is 5.16 Å². The zero-order valence-electron chi connectivity index (χ0n) is 13.6. The van der Waals surface area contributed by atoms with E-state index in [4.69, 9.17) is 11.6 Å². The lowest BCUT2D eigenvalue weighted by Gasteiger charge is -2.11. The average Bonchev–Trinajstić information content (AvgIpc) is 3.25. The molecule has 0 unspecified atom stereocenters. The molecule has 3 rings (SSSR count). The van der Waals surface area contributed by atoms with Gasteiger partial charge in [-0.3, -0.25) is 4.79 Å². The number of benzene rings is 1. The Morgan fingerprint density at radius 3 is 3.04 bits per heavy atom. The minimum Gasteiger partial charge on any atom is -0.326 e. The Kier molecular flexibility index (Phi) is 5.72. The van der Waals surface area contributed by atoms with Crippen LogP contribution in [0.1, 0.15) is 13.3 Å². The van der Waals surface area contributed by atoms with Crippen LogP contribution in [0.3, 0.4) is 0 Å². The fraction of sp³-hybridized carbons (Fsp3) is 0.250. The van der Waals surface area contributed by atoms with Gasteiger partial charge in [0.25, 0.3) is 0 Å². The fourth-order valence-electron chi connectivity index (χ4n) is 2.30. The van der Waals surface area contributed by atoms with Crippen molar-refractivity contribution in [3.8, 4) is 5.69 Å². The molecule has 3 aromatic rings. The van der Waals surface area contributed by atoms with Gasteiger partial charge >= 0.3 is 0 Å². The monoisotopic (exact) mass is 376 g/mol. The van der Waals surface area contributed by atoms with E-state index in [1.807, 2.05) is 10.8 Å². The van der Waals surface area contributed by atoms with Crippen molar-refractivity contribution in [2.45, 2.75) is 25.0 Å². The smallest absolute Gasteiger partial charge is 0.234 e. The SMILES string of the molecule is CCCn1ccnc1SCC(=O)Nc1cc(Cl)ccc1-n1cncn1. The van der Waals surface area contributed by atoms with Crippen molar-refractivity contribution < 1.29 is 4.79 Å². The van der Waals surface area contributed by atoms with Crippen molar-refractivity contribution in [2.75, 3.05) is 11.1 Å². The molecule has 0 bridgehead atoms. The van der Waals surface area contributed by atoms with Gasteiger partial charge in [-0.15, -0.1) is 0 Å². The lowest BCUT2D eigenvalue weighted by molar-refractivity contribution is -0.113. The number of hydrogen-bond acceptors (Lipinski definition) is 5. The quantitative estimate of drug-likeness (QED) is 0.640. The zero-order chi connectivity index (χ0) is 17.6. The summed E-state index contributed by atoms with van der Waals surface area (Å²) in [4.78, 5) is 20.6.